The molecule has 0 saturated heterocycles. The second-order valence-corrected chi connectivity index (χ2v) is 5.56. The minimum Gasteiger partial charge on any atom is -0.497 e. The summed E-state index contributed by atoms with van der Waals surface area (Å²) in [4.78, 5) is 11.6. The van der Waals surface area contributed by atoms with Crippen LogP contribution in [0.25, 0.3) is 0 Å². The van der Waals surface area contributed by atoms with Crippen LogP contribution in [0.3, 0.4) is 0 Å². The van der Waals surface area contributed by atoms with Gasteiger partial charge >= 0.3 is 0 Å². The Labute approximate surface area is 103 Å². The molecule has 1 aromatic carbocycles. The second-order valence-electron chi connectivity index (χ2n) is 5.56. The molecule has 0 N–H and O–H groups in total. The Morgan fingerprint density at radius 3 is 2.47 bits per heavy atom. The molecule has 17 heavy (non-hydrogen) atoms. The maximum absolute atomic E-state index is 11.6. The van der Waals surface area contributed by atoms with E-state index in [4.69, 9.17) is 4.74 Å². The lowest BCUT2D eigenvalue weighted by Gasteiger charge is -2.38. The lowest BCUT2D eigenvalue weighted by atomic mass is 9.66. The minimum absolute atomic E-state index is 0.211. The van der Waals surface area contributed by atoms with Gasteiger partial charge in [-0.1, -0.05) is 26.0 Å². The van der Waals surface area contributed by atoms with E-state index in [2.05, 4.69) is 26.0 Å². The Kier molecular flexibility index (Phi) is 3.23. The third kappa shape index (κ3) is 2.51. The second kappa shape index (κ2) is 4.52. The highest BCUT2D eigenvalue weighted by Crippen LogP contribution is 2.45. The van der Waals surface area contributed by atoms with E-state index < -0.39 is 0 Å². The lowest BCUT2D eigenvalue weighted by Crippen LogP contribution is -2.30. The van der Waals surface area contributed by atoms with Crippen LogP contribution in [0.15, 0.2) is 24.3 Å². The molecule has 92 valence electrons. The van der Waals surface area contributed by atoms with E-state index in [0.717, 1.165) is 18.6 Å². The standard InChI is InChI=1S/C15H20O2/c1-15(2)9-8-12(16)10-14(15)11-4-6-13(17-3)7-5-11/h4-7,14H,8-10H2,1-3H3. The van der Waals surface area contributed by atoms with Gasteiger partial charge in [0.25, 0.3) is 0 Å². The fraction of sp³-hybridized carbons (Fsp3) is 0.533. The zero-order valence-corrected chi connectivity index (χ0v) is 10.8. The fourth-order valence-corrected chi connectivity index (χ4v) is 2.65. The number of Topliss-reactive ketones (excluding diaryl/α,β-unsaturated/α-hetero) is 1. The fourth-order valence-electron chi connectivity index (χ4n) is 2.65. The van der Waals surface area contributed by atoms with E-state index in [-0.39, 0.29) is 5.41 Å². The van der Waals surface area contributed by atoms with Crippen LogP contribution < -0.4 is 4.74 Å². The van der Waals surface area contributed by atoms with Crippen LogP contribution in [-0.4, -0.2) is 12.9 Å². The molecule has 0 radical (unpaired) electrons. The molecule has 2 rings (SSSR count). The van der Waals surface area contributed by atoms with Gasteiger partial charge in [0.15, 0.2) is 0 Å². The van der Waals surface area contributed by atoms with E-state index >= 15 is 0 Å². The van der Waals surface area contributed by atoms with Crippen molar-refractivity contribution >= 4 is 5.78 Å². The average Bonchev–Trinajstić information content (AvgIpc) is 2.33. The van der Waals surface area contributed by atoms with Gasteiger partial charge in [0.2, 0.25) is 0 Å². The molecule has 1 aliphatic rings. The van der Waals surface area contributed by atoms with Crippen LogP contribution in [0, 0.1) is 5.41 Å². The average molecular weight is 232 g/mol. The van der Waals surface area contributed by atoms with Crippen molar-refractivity contribution in [3.63, 3.8) is 0 Å². The van der Waals surface area contributed by atoms with Gasteiger partial charge in [0.1, 0.15) is 11.5 Å². The van der Waals surface area contributed by atoms with Gasteiger partial charge in [-0.15, -0.1) is 0 Å². The van der Waals surface area contributed by atoms with Crippen molar-refractivity contribution in [2.24, 2.45) is 5.41 Å². The summed E-state index contributed by atoms with van der Waals surface area (Å²) in [5.41, 5.74) is 1.46. The van der Waals surface area contributed by atoms with E-state index in [0.29, 0.717) is 18.1 Å². The van der Waals surface area contributed by atoms with Gasteiger partial charge in [-0.2, -0.15) is 0 Å². The number of carbonyl (C=O) groups is 1. The molecule has 2 heteroatoms. The summed E-state index contributed by atoms with van der Waals surface area (Å²) in [7, 11) is 1.67. The molecule has 0 bridgehead atoms. The normalized spacial score (nSPS) is 23.5. The summed E-state index contributed by atoms with van der Waals surface area (Å²) in [6.45, 7) is 4.52. The topological polar surface area (TPSA) is 26.3 Å². The quantitative estimate of drug-likeness (QED) is 0.779. The van der Waals surface area contributed by atoms with Crippen molar-refractivity contribution in [1.29, 1.82) is 0 Å². The van der Waals surface area contributed by atoms with Gasteiger partial charge in [0.05, 0.1) is 7.11 Å². The molecule has 0 aromatic heterocycles. The molecule has 2 nitrogen and oxygen atoms in total. The highest BCUT2D eigenvalue weighted by atomic mass is 16.5. The van der Waals surface area contributed by atoms with E-state index in [9.17, 15) is 4.79 Å². The first-order valence-electron chi connectivity index (χ1n) is 6.18. The number of hydrogen-bond donors (Lipinski definition) is 0. The summed E-state index contributed by atoms with van der Waals surface area (Å²) >= 11 is 0. The zero-order chi connectivity index (χ0) is 12.5. The molecule has 1 aliphatic carbocycles. The molecule has 0 aliphatic heterocycles. The summed E-state index contributed by atoms with van der Waals surface area (Å²) in [6.07, 6.45) is 2.40. The number of ketones is 1. The predicted octanol–water partition coefficient (Wildman–Crippen LogP) is 3.56. The Bertz CT molecular complexity index is 403. The van der Waals surface area contributed by atoms with Gasteiger partial charge < -0.3 is 4.74 Å². The first kappa shape index (κ1) is 12.2. The third-order valence-corrected chi connectivity index (χ3v) is 3.94. The molecule has 1 aromatic rings. The molecular weight excluding hydrogens is 212 g/mol. The van der Waals surface area contributed by atoms with Crippen molar-refractivity contribution in [1.82, 2.24) is 0 Å². The van der Waals surface area contributed by atoms with E-state index in [1.54, 1.807) is 7.11 Å². The van der Waals surface area contributed by atoms with Crippen molar-refractivity contribution in [2.45, 2.75) is 39.0 Å². The Morgan fingerprint density at radius 2 is 1.88 bits per heavy atom. The SMILES string of the molecule is COc1ccc(C2CC(=O)CCC2(C)C)cc1. The number of carbonyl (C=O) groups excluding carboxylic acids is 1. The minimum atomic E-state index is 0.211. The Balaban J connectivity index is 2.26. The molecule has 1 unspecified atom stereocenters. The number of hydrogen-bond acceptors (Lipinski definition) is 2. The number of methoxy groups -OCH3 is 1. The molecule has 0 spiro atoms. The lowest BCUT2D eigenvalue weighted by molar-refractivity contribution is -0.122. The Morgan fingerprint density at radius 1 is 1.24 bits per heavy atom. The van der Waals surface area contributed by atoms with Crippen LogP contribution in [-0.2, 0) is 4.79 Å². The van der Waals surface area contributed by atoms with Crippen molar-refractivity contribution in [3.8, 4) is 5.75 Å². The number of benzene rings is 1. The van der Waals surface area contributed by atoms with Gasteiger partial charge in [-0.25, -0.2) is 0 Å². The van der Waals surface area contributed by atoms with Crippen molar-refractivity contribution in [2.75, 3.05) is 7.11 Å². The molecule has 0 amide bonds. The van der Waals surface area contributed by atoms with Gasteiger partial charge in [0, 0.05) is 12.8 Å². The van der Waals surface area contributed by atoms with Crippen LogP contribution in [0.1, 0.15) is 44.6 Å². The van der Waals surface area contributed by atoms with E-state index in [1.165, 1.54) is 5.56 Å². The smallest absolute Gasteiger partial charge is 0.133 e. The van der Waals surface area contributed by atoms with E-state index in [1.807, 2.05) is 12.1 Å². The monoisotopic (exact) mass is 232 g/mol. The summed E-state index contributed by atoms with van der Waals surface area (Å²) < 4.78 is 5.16. The van der Waals surface area contributed by atoms with Gasteiger partial charge in [-0.05, 0) is 35.4 Å². The van der Waals surface area contributed by atoms with Crippen molar-refractivity contribution < 1.29 is 9.53 Å². The number of rotatable bonds is 2. The Hall–Kier alpha value is -1.31. The summed E-state index contributed by atoms with van der Waals surface area (Å²) in [5.74, 6) is 1.61. The first-order valence-corrected chi connectivity index (χ1v) is 6.18. The maximum Gasteiger partial charge on any atom is 0.133 e. The summed E-state index contributed by atoms with van der Waals surface area (Å²) in [6, 6.07) is 8.13. The van der Waals surface area contributed by atoms with Crippen LogP contribution >= 0.6 is 0 Å². The molecule has 1 fully saturated rings. The largest absolute Gasteiger partial charge is 0.497 e. The molecular formula is C15H20O2. The van der Waals surface area contributed by atoms with Crippen LogP contribution in [0.5, 0.6) is 5.75 Å². The molecule has 0 heterocycles. The molecule has 1 saturated carbocycles. The van der Waals surface area contributed by atoms with Gasteiger partial charge in [-0.3, -0.25) is 4.79 Å². The third-order valence-electron chi connectivity index (χ3n) is 3.94. The number of ether oxygens (including phenoxy) is 1. The van der Waals surface area contributed by atoms with Crippen LogP contribution in [0.4, 0.5) is 0 Å². The summed E-state index contributed by atoms with van der Waals surface area (Å²) in [5, 5.41) is 0. The predicted molar refractivity (Wildman–Crippen MR) is 68.4 cm³/mol. The maximum atomic E-state index is 11.6. The van der Waals surface area contributed by atoms with Crippen molar-refractivity contribution in [3.05, 3.63) is 29.8 Å². The highest BCUT2D eigenvalue weighted by Gasteiger charge is 2.36. The zero-order valence-electron chi connectivity index (χ0n) is 10.8. The van der Waals surface area contributed by atoms with Crippen LogP contribution in [0.2, 0.25) is 0 Å². The molecule has 1 atom stereocenters. The highest BCUT2D eigenvalue weighted by molar-refractivity contribution is 5.80. The first-order chi connectivity index (χ1) is 8.03.